The Labute approximate surface area is 125 Å². The number of likely N-dealkylation sites (N-methyl/N-ethyl adjacent to an activating group) is 1. The Morgan fingerprint density at radius 3 is 2.50 bits per heavy atom. The highest BCUT2D eigenvalue weighted by molar-refractivity contribution is 7.89. The maximum absolute atomic E-state index is 12.3. The fraction of sp³-hybridized carbons (Fsp3) is 0.538. The molecule has 0 aromatic heterocycles. The van der Waals surface area contributed by atoms with Gasteiger partial charge in [0.1, 0.15) is 4.90 Å². The van der Waals surface area contributed by atoms with Crippen molar-refractivity contribution in [3.05, 3.63) is 23.2 Å². The highest BCUT2D eigenvalue weighted by Crippen LogP contribution is 2.36. The van der Waals surface area contributed by atoms with Crippen molar-refractivity contribution in [3.8, 4) is 0 Å². The van der Waals surface area contributed by atoms with Gasteiger partial charge in [-0.15, -0.1) is 0 Å². The molecule has 112 valence electrons. The highest BCUT2D eigenvalue weighted by Gasteiger charge is 2.40. The summed E-state index contributed by atoms with van der Waals surface area (Å²) in [5.41, 5.74) is 5.94. The molecule has 0 unspecified atom stereocenters. The zero-order valence-electron chi connectivity index (χ0n) is 11.7. The van der Waals surface area contributed by atoms with Crippen LogP contribution in [0.3, 0.4) is 0 Å². The van der Waals surface area contributed by atoms with Gasteiger partial charge in [-0.2, -0.15) is 0 Å². The Kier molecular flexibility index (Phi) is 4.30. The van der Waals surface area contributed by atoms with Crippen molar-refractivity contribution in [3.63, 3.8) is 0 Å². The molecule has 0 heterocycles. The van der Waals surface area contributed by atoms with E-state index in [-0.39, 0.29) is 15.5 Å². The summed E-state index contributed by atoms with van der Waals surface area (Å²) in [6, 6.07) is 4.41. The molecule has 1 aromatic rings. The standard InChI is InChI=1S/C13H20ClN3O2S/c1-17(2)13(6-3-7-13)9-16-20(18,19)12-5-4-10(15)8-11(12)14/h4-5,8,16H,3,6-7,9,15H2,1-2H3. The van der Waals surface area contributed by atoms with Gasteiger partial charge in [-0.1, -0.05) is 11.6 Å². The number of nitrogens with one attached hydrogen (secondary N) is 1. The number of hydrogen-bond acceptors (Lipinski definition) is 4. The van der Waals surface area contributed by atoms with E-state index in [0.717, 1.165) is 19.3 Å². The maximum atomic E-state index is 12.3. The fourth-order valence-corrected chi connectivity index (χ4v) is 4.08. The molecule has 0 aliphatic heterocycles. The molecule has 1 aliphatic rings. The minimum Gasteiger partial charge on any atom is -0.399 e. The minimum atomic E-state index is -3.61. The van der Waals surface area contributed by atoms with E-state index >= 15 is 0 Å². The lowest BCUT2D eigenvalue weighted by Gasteiger charge is -2.47. The molecule has 2 rings (SSSR count). The van der Waals surface area contributed by atoms with E-state index in [4.69, 9.17) is 17.3 Å². The van der Waals surface area contributed by atoms with Crippen molar-refractivity contribution in [2.24, 2.45) is 0 Å². The smallest absolute Gasteiger partial charge is 0.242 e. The molecular formula is C13H20ClN3O2S. The van der Waals surface area contributed by atoms with Gasteiger partial charge in [0.15, 0.2) is 0 Å². The lowest BCUT2D eigenvalue weighted by molar-refractivity contribution is 0.0657. The van der Waals surface area contributed by atoms with Gasteiger partial charge in [-0.25, -0.2) is 13.1 Å². The fourth-order valence-electron chi connectivity index (χ4n) is 2.41. The number of rotatable bonds is 5. The number of nitrogens with two attached hydrogens (primary N) is 1. The number of sulfonamides is 1. The molecule has 1 aliphatic carbocycles. The summed E-state index contributed by atoms with van der Waals surface area (Å²) in [5, 5.41) is 0.144. The summed E-state index contributed by atoms with van der Waals surface area (Å²) in [5.74, 6) is 0. The maximum Gasteiger partial charge on any atom is 0.242 e. The van der Waals surface area contributed by atoms with E-state index in [1.807, 2.05) is 14.1 Å². The summed E-state index contributed by atoms with van der Waals surface area (Å²) in [6.45, 7) is 0.392. The molecule has 1 fully saturated rings. The number of benzene rings is 1. The average Bonchev–Trinajstić information content (AvgIpc) is 2.25. The first kappa shape index (κ1) is 15.6. The molecule has 20 heavy (non-hydrogen) atoms. The van der Waals surface area contributed by atoms with Crippen LogP contribution >= 0.6 is 11.6 Å². The molecule has 1 saturated carbocycles. The summed E-state index contributed by atoms with van der Waals surface area (Å²) in [7, 11) is 0.337. The van der Waals surface area contributed by atoms with Gasteiger partial charge in [0.25, 0.3) is 0 Å². The topological polar surface area (TPSA) is 75.4 Å². The molecule has 0 radical (unpaired) electrons. The zero-order chi connectivity index (χ0) is 15.0. The molecule has 7 heteroatoms. The minimum absolute atomic E-state index is 0.0709. The van der Waals surface area contributed by atoms with Gasteiger partial charge in [0.05, 0.1) is 5.02 Å². The van der Waals surface area contributed by atoms with Crippen LogP contribution in [0.15, 0.2) is 23.1 Å². The number of nitrogen functional groups attached to an aromatic ring is 1. The molecular weight excluding hydrogens is 298 g/mol. The Balaban J connectivity index is 2.15. The molecule has 0 amide bonds. The summed E-state index contributed by atoms with van der Waals surface area (Å²) in [4.78, 5) is 2.16. The van der Waals surface area contributed by atoms with Crippen molar-refractivity contribution in [1.29, 1.82) is 0 Å². The molecule has 0 atom stereocenters. The third-order valence-corrected chi connectivity index (χ3v) is 5.95. The Bertz CT molecular complexity index is 598. The van der Waals surface area contributed by atoms with E-state index in [9.17, 15) is 8.42 Å². The van der Waals surface area contributed by atoms with E-state index in [0.29, 0.717) is 12.2 Å². The average molecular weight is 318 g/mol. The van der Waals surface area contributed by atoms with Crippen LogP contribution < -0.4 is 10.5 Å². The second-order valence-electron chi connectivity index (χ2n) is 5.49. The van der Waals surface area contributed by atoms with Crippen molar-refractivity contribution in [2.75, 3.05) is 26.4 Å². The van der Waals surface area contributed by atoms with Crippen molar-refractivity contribution >= 4 is 27.3 Å². The Morgan fingerprint density at radius 1 is 1.40 bits per heavy atom. The monoisotopic (exact) mass is 317 g/mol. The van der Waals surface area contributed by atoms with Gasteiger partial charge >= 0.3 is 0 Å². The van der Waals surface area contributed by atoms with Crippen LogP contribution in [0.25, 0.3) is 0 Å². The largest absolute Gasteiger partial charge is 0.399 e. The summed E-state index contributed by atoms with van der Waals surface area (Å²) in [6.07, 6.45) is 3.12. The number of halogens is 1. The Morgan fingerprint density at radius 2 is 2.05 bits per heavy atom. The summed E-state index contributed by atoms with van der Waals surface area (Å²) < 4.78 is 27.3. The van der Waals surface area contributed by atoms with Crippen LogP contribution in [0.5, 0.6) is 0 Å². The molecule has 0 spiro atoms. The van der Waals surface area contributed by atoms with Crippen LogP contribution in [0, 0.1) is 0 Å². The van der Waals surface area contributed by atoms with Crippen LogP contribution in [-0.2, 0) is 10.0 Å². The molecule has 3 N–H and O–H groups in total. The predicted octanol–water partition coefficient (Wildman–Crippen LogP) is 1.68. The number of nitrogens with zero attached hydrogens (tertiary/aromatic N) is 1. The van der Waals surface area contributed by atoms with Crippen molar-refractivity contribution in [2.45, 2.75) is 29.7 Å². The van der Waals surface area contributed by atoms with E-state index in [1.165, 1.54) is 18.2 Å². The zero-order valence-corrected chi connectivity index (χ0v) is 13.3. The predicted molar refractivity (Wildman–Crippen MR) is 81.3 cm³/mol. The SMILES string of the molecule is CN(C)C1(CNS(=O)(=O)c2ccc(N)cc2Cl)CCC1. The second-order valence-corrected chi connectivity index (χ2v) is 7.63. The first-order valence-corrected chi connectivity index (χ1v) is 8.35. The lowest BCUT2D eigenvalue weighted by Crippen LogP contribution is -2.57. The van der Waals surface area contributed by atoms with Crippen LogP contribution in [0.2, 0.25) is 5.02 Å². The van der Waals surface area contributed by atoms with Gasteiger partial charge < -0.3 is 10.6 Å². The molecule has 1 aromatic carbocycles. The molecule has 0 saturated heterocycles. The third-order valence-electron chi connectivity index (χ3n) is 4.07. The number of hydrogen-bond donors (Lipinski definition) is 2. The van der Waals surface area contributed by atoms with E-state index < -0.39 is 10.0 Å². The van der Waals surface area contributed by atoms with Gasteiger partial charge in [0, 0.05) is 17.8 Å². The normalized spacial score (nSPS) is 18.0. The lowest BCUT2D eigenvalue weighted by atomic mass is 9.76. The van der Waals surface area contributed by atoms with Crippen LogP contribution in [0.4, 0.5) is 5.69 Å². The highest BCUT2D eigenvalue weighted by atomic mass is 35.5. The first-order chi connectivity index (χ1) is 9.27. The third kappa shape index (κ3) is 2.93. The van der Waals surface area contributed by atoms with Gasteiger partial charge in [0.2, 0.25) is 10.0 Å². The Hall–Kier alpha value is -0.820. The van der Waals surface area contributed by atoms with Gasteiger partial charge in [-0.3, -0.25) is 0 Å². The van der Waals surface area contributed by atoms with Crippen molar-refractivity contribution < 1.29 is 8.42 Å². The number of anilines is 1. The second kappa shape index (κ2) is 5.52. The first-order valence-electron chi connectivity index (χ1n) is 6.49. The van der Waals surface area contributed by atoms with E-state index in [1.54, 1.807) is 0 Å². The van der Waals surface area contributed by atoms with Gasteiger partial charge in [-0.05, 0) is 51.6 Å². The van der Waals surface area contributed by atoms with Crippen LogP contribution in [-0.4, -0.2) is 39.5 Å². The quantitative estimate of drug-likeness (QED) is 0.810. The van der Waals surface area contributed by atoms with Crippen LogP contribution in [0.1, 0.15) is 19.3 Å². The summed E-state index contributed by atoms with van der Waals surface area (Å²) >= 11 is 5.96. The van der Waals surface area contributed by atoms with Crippen molar-refractivity contribution in [1.82, 2.24) is 9.62 Å². The molecule has 5 nitrogen and oxygen atoms in total. The molecule has 0 bridgehead atoms. The van der Waals surface area contributed by atoms with E-state index in [2.05, 4.69) is 9.62 Å².